The van der Waals surface area contributed by atoms with E-state index in [1.54, 1.807) is 24.3 Å². The van der Waals surface area contributed by atoms with Crippen LogP contribution < -0.4 is 10.1 Å². The van der Waals surface area contributed by atoms with Crippen LogP contribution in [0.25, 0.3) is 0 Å². The molecule has 0 aliphatic rings. The van der Waals surface area contributed by atoms with Gasteiger partial charge in [-0.2, -0.15) is 5.26 Å². The topological polar surface area (TPSA) is 62.1 Å². The van der Waals surface area contributed by atoms with E-state index in [1.165, 1.54) is 7.05 Å². The number of carbonyl (C=O) groups is 1. The van der Waals surface area contributed by atoms with Crippen LogP contribution in [0.3, 0.4) is 0 Å². The molecule has 0 aliphatic heterocycles. The number of nitrogens with one attached hydrogen (secondary N) is 1. The predicted molar refractivity (Wildman–Crippen MR) is 50.7 cm³/mol. The standard InChI is InChI=1S/C10H10N2O2/c1-12-10(13)7-14-9-5-3-2-4-8(9)6-11/h2-5H,7H2,1H3,(H,12,13). The maximum Gasteiger partial charge on any atom is 0.257 e. The van der Waals surface area contributed by atoms with Gasteiger partial charge in [0.1, 0.15) is 11.8 Å². The van der Waals surface area contributed by atoms with E-state index in [0.717, 1.165) is 0 Å². The third-order valence-electron chi connectivity index (χ3n) is 1.65. The van der Waals surface area contributed by atoms with Crippen LogP contribution in [0.1, 0.15) is 5.56 Å². The zero-order chi connectivity index (χ0) is 10.4. The third kappa shape index (κ3) is 2.49. The Morgan fingerprint density at radius 1 is 1.57 bits per heavy atom. The highest BCUT2D eigenvalue weighted by Gasteiger charge is 2.03. The Bertz CT molecular complexity index is 369. The third-order valence-corrected chi connectivity index (χ3v) is 1.65. The van der Waals surface area contributed by atoms with Gasteiger partial charge in [0.2, 0.25) is 0 Å². The van der Waals surface area contributed by atoms with E-state index in [9.17, 15) is 4.79 Å². The number of rotatable bonds is 3. The molecule has 72 valence electrons. The first-order chi connectivity index (χ1) is 6.77. The second-order valence-electron chi connectivity index (χ2n) is 2.57. The predicted octanol–water partition coefficient (Wildman–Crippen LogP) is 0.683. The second-order valence-corrected chi connectivity index (χ2v) is 2.57. The summed E-state index contributed by atoms with van der Waals surface area (Å²) in [4.78, 5) is 10.9. The summed E-state index contributed by atoms with van der Waals surface area (Å²) in [6.45, 7) is -0.0742. The molecule has 0 saturated carbocycles. The first kappa shape index (κ1) is 10.1. The zero-order valence-corrected chi connectivity index (χ0v) is 7.78. The molecule has 0 bridgehead atoms. The van der Waals surface area contributed by atoms with Gasteiger partial charge in [0.25, 0.3) is 5.91 Å². The fraction of sp³-hybridized carbons (Fsp3) is 0.200. The van der Waals surface area contributed by atoms with Gasteiger partial charge < -0.3 is 10.1 Å². The van der Waals surface area contributed by atoms with Crippen molar-refractivity contribution in [3.05, 3.63) is 29.8 Å². The number of nitriles is 1. The average Bonchev–Trinajstić information content (AvgIpc) is 2.26. The average molecular weight is 190 g/mol. The first-order valence-electron chi connectivity index (χ1n) is 4.10. The number of para-hydroxylation sites is 1. The Balaban J connectivity index is 2.68. The van der Waals surface area contributed by atoms with Crippen LogP contribution in [0.5, 0.6) is 5.75 Å². The van der Waals surface area contributed by atoms with Gasteiger partial charge in [0, 0.05) is 7.05 Å². The van der Waals surface area contributed by atoms with E-state index < -0.39 is 0 Å². The van der Waals surface area contributed by atoms with Gasteiger partial charge in [-0.25, -0.2) is 0 Å². The molecule has 1 aromatic rings. The summed E-state index contributed by atoms with van der Waals surface area (Å²) >= 11 is 0. The van der Waals surface area contributed by atoms with Crippen LogP contribution in [-0.4, -0.2) is 19.6 Å². The lowest BCUT2D eigenvalue weighted by atomic mass is 10.2. The van der Waals surface area contributed by atoms with Crippen molar-refractivity contribution in [2.75, 3.05) is 13.7 Å². The minimum Gasteiger partial charge on any atom is -0.482 e. The van der Waals surface area contributed by atoms with Crippen molar-refractivity contribution in [2.45, 2.75) is 0 Å². The maximum absolute atomic E-state index is 10.9. The number of ether oxygens (including phenoxy) is 1. The molecule has 0 saturated heterocycles. The van der Waals surface area contributed by atoms with Gasteiger partial charge in [-0.15, -0.1) is 0 Å². The van der Waals surface area contributed by atoms with Crippen molar-refractivity contribution in [3.8, 4) is 11.8 Å². The van der Waals surface area contributed by atoms with Gasteiger partial charge in [-0.05, 0) is 12.1 Å². The Labute approximate surface area is 82.1 Å². The molecule has 1 aromatic carbocycles. The summed E-state index contributed by atoms with van der Waals surface area (Å²) in [6, 6.07) is 8.76. The molecular weight excluding hydrogens is 180 g/mol. The number of hydrogen-bond donors (Lipinski definition) is 1. The first-order valence-corrected chi connectivity index (χ1v) is 4.10. The molecule has 0 aromatic heterocycles. The lowest BCUT2D eigenvalue weighted by Crippen LogP contribution is -2.24. The van der Waals surface area contributed by atoms with Gasteiger partial charge in [-0.3, -0.25) is 4.79 Å². The highest BCUT2D eigenvalue weighted by Crippen LogP contribution is 2.15. The molecule has 0 fully saturated rings. The van der Waals surface area contributed by atoms with Crippen molar-refractivity contribution in [1.82, 2.24) is 5.32 Å². The van der Waals surface area contributed by atoms with Crippen LogP contribution in [0, 0.1) is 11.3 Å². The lowest BCUT2D eigenvalue weighted by molar-refractivity contribution is -0.122. The Kier molecular flexibility index (Phi) is 3.50. The number of nitrogens with zero attached hydrogens (tertiary/aromatic N) is 1. The molecule has 1 amide bonds. The monoisotopic (exact) mass is 190 g/mol. The number of amides is 1. The lowest BCUT2D eigenvalue weighted by Gasteiger charge is -2.05. The molecule has 0 unspecified atom stereocenters. The van der Waals surface area contributed by atoms with Gasteiger partial charge in [0.05, 0.1) is 5.56 Å². The summed E-state index contributed by atoms with van der Waals surface area (Å²) in [6.07, 6.45) is 0. The van der Waals surface area contributed by atoms with Gasteiger partial charge in [0.15, 0.2) is 6.61 Å². The smallest absolute Gasteiger partial charge is 0.257 e. The normalized spacial score (nSPS) is 8.86. The Hall–Kier alpha value is -2.02. The molecule has 14 heavy (non-hydrogen) atoms. The molecular formula is C10H10N2O2. The van der Waals surface area contributed by atoms with Crippen molar-refractivity contribution in [1.29, 1.82) is 5.26 Å². The highest BCUT2D eigenvalue weighted by molar-refractivity contribution is 5.77. The van der Waals surface area contributed by atoms with Crippen LogP contribution in [0.15, 0.2) is 24.3 Å². The molecule has 1 N–H and O–H groups in total. The van der Waals surface area contributed by atoms with Crippen LogP contribution in [-0.2, 0) is 4.79 Å². The quantitative estimate of drug-likeness (QED) is 0.762. The van der Waals surface area contributed by atoms with Crippen molar-refractivity contribution in [3.63, 3.8) is 0 Å². The van der Waals surface area contributed by atoms with Gasteiger partial charge in [-0.1, -0.05) is 12.1 Å². The molecule has 0 heterocycles. The molecule has 0 spiro atoms. The Morgan fingerprint density at radius 3 is 2.93 bits per heavy atom. The number of hydrogen-bond acceptors (Lipinski definition) is 3. The number of likely N-dealkylation sites (N-methyl/N-ethyl adjacent to an activating group) is 1. The molecule has 0 atom stereocenters. The van der Waals surface area contributed by atoms with E-state index in [4.69, 9.17) is 10.00 Å². The fourth-order valence-corrected chi connectivity index (χ4v) is 0.900. The van der Waals surface area contributed by atoms with Crippen molar-refractivity contribution < 1.29 is 9.53 Å². The van der Waals surface area contributed by atoms with E-state index >= 15 is 0 Å². The second kappa shape index (κ2) is 4.87. The van der Waals surface area contributed by atoms with Crippen LogP contribution in [0.4, 0.5) is 0 Å². The summed E-state index contributed by atoms with van der Waals surface area (Å²) in [5.41, 5.74) is 0.427. The van der Waals surface area contributed by atoms with E-state index in [-0.39, 0.29) is 12.5 Å². The largest absolute Gasteiger partial charge is 0.482 e. The summed E-state index contributed by atoms with van der Waals surface area (Å²) < 4.78 is 5.15. The van der Waals surface area contributed by atoms with E-state index in [0.29, 0.717) is 11.3 Å². The molecule has 1 rings (SSSR count). The minimum atomic E-state index is -0.224. The number of benzene rings is 1. The molecule has 4 heteroatoms. The summed E-state index contributed by atoms with van der Waals surface area (Å²) in [7, 11) is 1.53. The zero-order valence-electron chi connectivity index (χ0n) is 7.78. The van der Waals surface area contributed by atoms with Gasteiger partial charge >= 0.3 is 0 Å². The summed E-state index contributed by atoms with van der Waals surface area (Å²) in [5.74, 6) is 0.205. The van der Waals surface area contributed by atoms with E-state index in [2.05, 4.69) is 5.32 Å². The SMILES string of the molecule is CNC(=O)COc1ccccc1C#N. The minimum absolute atomic E-state index is 0.0742. The molecule has 0 aliphatic carbocycles. The Morgan fingerprint density at radius 2 is 2.29 bits per heavy atom. The van der Waals surface area contributed by atoms with Crippen LogP contribution >= 0.6 is 0 Å². The van der Waals surface area contributed by atoms with Crippen molar-refractivity contribution >= 4 is 5.91 Å². The van der Waals surface area contributed by atoms with E-state index in [1.807, 2.05) is 6.07 Å². The summed E-state index contributed by atoms with van der Waals surface area (Å²) in [5, 5.41) is 11.1. The van der Waals surface area contributed by atoms with Crippen LogP contribution in [0.2, 0.25) is 0 Å². The van der Waals surface area contributed by atoms with Crippen molar-refractivity contribution in [2.24, 2.45) is 0 Å². The fourth-order valence-electron chi connectivity index (χ4n) is 0.900. The molecule has 0 radical (unpaired) electrons. The highest BCUT2D eigenvalue weighted by atomic mass is 16.5. The number of carbonyl (C=O) groups excluding carboxylic acids is 1. The maximum atomic E-state index is 10.9. The molecule has 4 nitrogen and oxygen atoms in total.